The minimum absolute atomic E-state index is 0.0345. The molecule has 0 saturated heterocycles. The number of anilines is 1. The lowest BCUT2D eigenvalue weighted by molar-refractivity contribution is 0.270. The van der Waals surface area contributed by atoms with Gasteiger partial charge in [0.2, 0.25) is 0 Å². The summed E-state index contributed by atoms with van der Waals surface area (Å²) in [6.07, 6.45) is 0. The first kappa shape index (κ1) is 17.4. The minimum atomic E-state index is 0.0345. The second-order valence-electron chi connectivity index (χ2n) is 4.97. The average Bonchev–Trinajstić information content (AvgIpc) is 2.55. The summed E-state index contributed by atoms with van der Waals surface area (Å²) in [5, 5.41) is 7.49. The van der Waals surface area contributed by atoms with E-state index < -0.39 is 0 Å². The zero-order valence-electron chi connectivity index (χ0n) is 13.0. The second-order valence-corrected chi connectivity index (χ2v) is 5.81. The van der Waals surface area contributed by atoms with Crippen LogP contribution in [0.5, 0.6) is 11.5 Å². The Morgan fingerprint density at radius 1 is 1.13 bits per heavy atom. The molecule has 0 radical (unpaired) electrons. The van der Waals surface area contributed by atoms with Crippen molar-refractivity contribution in [2.75, 3.05) is 19.0 Å². The van der Waals surface area contributed by atoms with Crippen LogP contribution in [0.1, 0.15) is 6.92 Å². The monoisotopic (exact) mass is 350 g/mol. The third-order valence-corrected chi connectivity index (χ3v) is 3.51. The van der Waals surface area contributed by atoms with Crippen LogP contribution >= 0.6 is 23.8 Å². The standard InChI is InChI=1S/C17H19ClN2O2S/c1-12(11-22-16-6-4-3-5-15(16)21-2)19-17(23)20-14-9-7-13(18)8-10-14/h3-10,12H,11H2,1-2H3,(H2,19,20,23). The molecule has 0 saturated carbocycles. The zero-order chi connectivity index (χ0) is 16.7. The molecule has 2 aromatic rings. The van der Waals surface area contributed by atoms with Gasteiger partial charge in [-0.15, -0.1) is 0 Å². The molecule has 23 heavy (non-hydrogen) atoms. The van der Waals surface area contributed by atoms with Gasteiger partial charge >= 0.3 is 0 Å². The van der Waals surface area contributed by atoms with Gasteiger partial charge in [0.25, 0.3) is 0 Å². The molecule has 2 N–H and O–H groups in total. The highest BCUT2D eigenvalue weighted by Gasteiger charge is 2.08. The summed E-state index contributed by atoms with van der Waals surface area (Å²) >= 11 is 11.1. The fourth-order valence-corrected chi connectivity index (χ4v) is 2.36. The van der Waals surface area contributed by atoms with Gasteiger partial charge < -0.3 is 20.1 Å². The van der Waals surface area contributed by atoms with Gasteiger partial charge in [-0.05, 0) is 55.5 Å². The van der Waals surface area contributed by atoms with Gasteiger partial charge in [-0.3, -0.25) is 0 Å². The van der Waals surface area contributed by atoms with Crippen LogP contribution in [0.25, 0.3) is 0 Å². The van der Waals surface area contributed by atoms with E-state index in [1.165, 1.54) is 0 Å². The highest BCUT2D eigenvalue weighted by atomic mass is 35.5. The molecule has 0 fully saturated rings. The molecule has 0 aliphatic heterocycles. The molecule has 2 aromatic carbocycles. The fraction of sp³-hybridized carbons (Fsp3) is 0.235. The Kier molecular flexibility index (Phi) is 6.50. The van der Waals surface area contributed by atoms with E-state index in [0.29, 0.717) is 28.2 Å². The molecule has 0 amide bonds. The number of rotatable bonds is 6. The summed E-state index contributed by atoms with van der Waals surface area (Å²) in [7, 11) is 1.62. The first-order chi connectivity index (χ1) is 11.1. The lowest BCUT2D eigenvalue weighted by Gasteiger charge is -2.18. The first-order valence-electron chi connectivity index (χ1n) is 7.17. The van der Waals surface area contributed by atoms with Crippen molar-refractivity contribution in [3.05, 3.63) is 53.6 Å². The van der Waals surface area contributed by atoms with Crippen molar-refractivity contribution in [2.45, 2.75) is 13.0 Å². The third-order valence-electron chi connectivity index (χ3n) is 3.04. The Bertz CT molecular complexity index is 649. The number of benzene rings is 2. The predicted molar refractivity (Wildman–Crippen MR) is 98.8 cm³/mol. The van der Waals surface area contributed by atoms with Gasteiger partial charge in [-0.25, -0.2) is 0 Å². The SMILES string of the molecule is COc1ccccc1OCC(C)NC(=S)Nc1ccc(Cl)cc1. The van der Waals surface area contributed by atoms with E-state index in [-0.39, 0.29) is 6.04 Å². The summed E-state index contributed by atoms with van der Waals surface area (Å²) in [5.41, 5.74) is 0.879. The third kappa shape index (κ3) is 5.62. The summed E-state index contributed by atoms with van der Waals surface area (Å²) in [6, 6.07) is 14.9. The van der Waals surface area contributed by atoms with Crippen molar-refractivity contribution in [1.82, 2.24) is 5.32 Å². The molecule has 122 valence electrons. The van der Waals surface area contributed by atoms with Gasteiger partial charge in [0.05, 0.1) is 13.2 Å². The lowest BCUT2D eigenvalue weighted by atomic mass is 10.3. The molecule has 0 aliphatic rings. The van der Waals surface area contributed by atoms with Gasteiger partial charge in [0.15, 0.2) is 16.6 Å². The molecule has 0 bridgehead atoms. The number of hydrogen-bond donors (Lipinski definition) is 2. The van der Waals surface area contributed by atoms with E-state index in [4.69, 9.17) is 33.3 Å². The summed E-state index contributed by atoms with van der Waals surface area (Å²) in [6.45, 7) is 2.45. The van der Waals surface area contributed by atoms with Crippen molar-refractivity contribution in [3.63, 3.8) is 0 Å². The fourth-order valence-electron chi connectivity index (χ4n) is 1.92. The van der Waals surface area contributed by atoms with Crippen LogP contribution in [0.2, 0.25) is 5.02 Å². The highest BCUT2D eigenvalue weighted by Crippen LogP contribution is 2.25. The zero-order valence-corrected chi connectivity index (χ0v) is 14.6. The van der Waals surface area contributed by atoms with Crippen LogP contribution < -0.4 is 20.1 Å². The lowest BCUT2D eigenvalue weighted by Crippen LogP contribution is -2.39. The maximum absolute atomic E-state index is 5.85. The van der Waals surface area contributed by atoms with E-state index in [9.17, 15) is 0 Å². The summed E-state index contributed by atoms with van der Waals surface area (Å²) in [5.74, 6) is 1.42. The molecule has 2 rings (SSSR count). The van der Waals surface area contributed by atoms with Crippen LogP contribution in [0.3, 0.4) is 0 Å². The summed E-state index contributed by atoms with van der Waals surface area (Å²) in [4.78, 5) is 0. The van der Waals surface area contributed by atoms with E-state index in [0.717, 1.165) is 5.69 Å². The molecular formula is C17H19ClN2O2S. The first-order valence-corrected chi connectivity index (χ1v) is 7.96. The summed E-state index contributed by atoms with van der Waals surface area (Å²) < 4.78 is 11.0. The molecule has 0 heterocycles. The van der Waals surface area contributed by atoms with Crippen LogP contribution in [0.4, 0.5) is 5.69 Å². The largest absolute Gasteiger partial charge is 0.493 e. The van der Waals surface area contributed by atoms with Crippen molar-refractivity contribution in [3.8, 4) is 11.5 Å². The molecule has 0 aromatic heterocycles. The number of para-hydroxylation sites is 2. The Morgan fingerprint density at radius 2 is 1.78 bits per heavy atom. The molecule has 1 atom stereocenters. The number of thiocarbonyl (C=S) groups is 1. The maximum atomic E-state index is 5.85. The molecule has 0 aliphatic carbocycles. The minimum Gasteiger partial charge on any atom is -0.493 e. The average molecular weight is 351 g/mol. The highest BCUT2D eigenvalue weighted by molar-refractivity contribution is 7.80. The van der Waals surface area contributed by atoms with E-state index in [1.54, 1.807) is 19.2 Å². The topological polar surface area (TPSA) is 42.5 Å². The Balaban J connectivity index is 1.81. The molecule has 4 nitrogen and oxygen atoms in total. The number of hydrogen-bond acceptors (Lipinski definition) is 3. The van der Waals surface area contributed by atoms with Crippen molar-refractivity contribution >= 4 is 34.6 Å². The second kappa shape index (κ2) is 8.60. The quantitative estimate of drug-likeness (QED) is 0.768. The number of halogens is 1. The van der Waals surface area contributed by atoms with Crippen molar-refractivity contribution in [1.29, 1.82) is 0 Å². The molecule has 0 spiro atoms. The van der Waals surface area contributed by atoms with Crippen LogP contribution in [-0.4, -0.2) is 24.9 Å². The predicted octanol–water partition coefficient (Wildman–Crippen LogP) is 4.10. The molecular weight excluding hydrogens is 332 g/mol. The van der Waals surface area contributed by atoms with Crippen LogP contribution in [0, 0.1) is 0 Å². The van der Waals surface area contributed by atoms with Gasteiger partial charge in [0.1, 0.15) is 6.61 Å². The van der Waals surface area contributed by atoms with Gasteiger partial charge in [-0.2, -0.15) is 0 Å². The Hall–Kier alpha value is -1.98. The molecule has 1 unspecified atom stereocenters. The molecule has 6 heteroatoms. The van der Waals surface area contributed by atoms with Crippen molar-refractivity contribution in [2.24, 2.45) is 0 Å². The van der Waals surface area contributed by atoms with E-state index in [2.05, 4.69) is 10.6 Å². The number of methoxy groups -OCH3 is 1. The van der Waals surface area contributed by atoms with Crippen molar-refractivity contribution < 1.29 is 9.47 Å². The van der Waals surface area contributed by atoms with Crippen LogP contribution in [0.15, 0.2) is 48.5 Å². The van der Waals surface area contributed by atoms with Gasteiger partial charge in [0, 0.05) is 10.7 Å². The number of nitrogens with one attached hydrogen (secondary N) is 2. The van der Waals surface area contributed by atoms with E-state index in [1.807, 2.05) is 43.3 Å². The smallest absolute Gasteiger partial charge is 0.171 e. The number of ether oxygens (including phenoxy) is 2. The maximum Gasteiger partial charge on any atom is 0.171 e. The van der Waals surface area contributed by atoms with Crippen LogP contribution in [-0.2, 0) is 0 Å². The van der Waals surface area contributed by atoms with E-state index >= 15 is 0 Å². The normalized spacial score (nSPS) is 11.4. The Labute approximate surface area is 146 Å². The van der Waals surface area contributed by atoms with Gasteiger partial charge in [-0.1, -0.05) is 23.7 Å². The Morgan fingerprint density at radius 3 is 2.43 bits per heavy atom.